The van der Waals surface area contributed by atoms with Crippen molar-refractivity contribution in [2.75, 3.05) is 0 Å². The molecule has 1 fully saturated rings. The minimum absolute atomic E-state index is 0.515. The van der Waals surface area contributed by atoms with Gasteiger partial charge in [0.15, 0.2) is 0 Å². The summed E-state index contributed by atoms with van der Waals surface area (Å²) < 4.78 is 48.0. The van der Waals surface area contributed by atoms with Gasteiger partial charge in [0.25, 0.3) is 0 Å². The second-order valence-electron chi connectivity index (χ2n) is 3.32. The van der Waals surface area contributed by atoms with Crippen LogP contribution in [0.5, 0.6) is 0 Å². The molecule has 1 aliphatic rings. The Morgan fingerprint density at radius 3 is 1.82 bits per heavy atom. The van der Waals surface area contributed by atoms with Gasteiger partial charge in [0, 0.05) is 0 Å². The topological polar surface area (TPSA) is 104 Å². The number of rotatable bonds is 1. The molecule has 0 atom stereocenters. The molecule has 0 heterocycles. The molecule has 0 aromatic rings. The summed E-state index contributed by atoms with van der Waals surface area (Å²) in [5.74, 6) is -2.06. The third-order valence-electron chi connectivity index (χ3n) is 1.81. The van der Waals surface area contributed by atoms with Gasteiger partial charge in [0.1, 0.15) is 6.10 Å². The molecule has 102 valence electrons. The van der Waals surface area contributed by atoms with Crippen molar-refractivity contribution in [2.24, 2.45) is 0 Å². The fourth-order valence-electron chi connectivity index (χ4n) is 1.22. The van der Waals surface area contributed by atoms with E-state index < -0.39 is 26.1 Å². The molecule has 0 unspecified atom stereocenters. The van der Waals surface area contributed by atoms with Crippen molar-refractivity contribution in [1.29, 1.82) is 0 Å². The molecule has 1 saturated carbocycles. The second kappa shape index (κ2) is 6.34. The van der Waals surface area contributed by atoms with E-state index in [0.29, 0.717) is 12.8 Å². The average Bonchev–Trinajstić information content (AvgIpc) is 2.51. The van der Waals surface area contributed by atoms with Gasteiger partial charge in [-0.15, -0.1) is 0 Å². The van der Waals surface area contributed by atoms with E-state index in [2.05, 4.69) is 4.74 Å². The molecule has 1 rings (SSSR count). The Balaban J connectivity index is 0.000000437. The Bertz CT molecular complexity index is 284. The number of halogens is 3. The molecule has 0 bridgehead atoms. The highest BCUT2D eigenvalue weighted by Gasteiger charge is 2.42. The zero-order chi connectivity index (χ0) is 13.7. The van der Waals surface area contributed by atoms with Crippen molar-refractivity contribution in [2.45, 2.75) is 38.0 Å². The van der Waals surface area contributed by atoms with Crippen LogP contribution >= 0.6 is 7.82 Å². The third kappa shape index (κ3) is 10.3. The Morgan fingerprint density at radius 2 is 1.53 bits per heavy atom. The summed E-state index contributed by atoms with van der Waals surface area (Å²) in [7, 11) is -4.64. The summed E-state index contributed by atoms with van der Waals surface area (Å²) in [6, 6.07) is 0. The fourth-order valence-corrected chi connectivity index (χ4v) is 1.22. The standard InChI is InChI=1S/C7H9F3O2.H3O4P/c8-7(9,10)6(11)12-5-3-1-2-4-5;1-5(2,3)4/h5H,1-4H2;(H3,1,2,3,4). The number of carbonyl (C=O) groups excluding carboxylic acids is 1. The molecule has 3 N–H and O–H groups in total. The predicted molar refractivity (Wildman–Crippen MR) is 48.7 cm³/mol. The van der Waals surface area contributed by atoms with Gasteiger partial charge in [-0.3, -0.25) is 0 Å². The molecule has 0 aromatic carbocycles. The smallest absolute Gasteiger partial charge is 0.456 e. The largest absolute Gasteiger partial charge is 0.490 e. The monoisotopic (exact) mass is 280 g/mol. The average molecular weight is 280 g/mol. The lowest BCUT2D eigenvalue weighted by molar-refractivity contribution is -0.204. The molecule has 0 amide bonds. The predicted octanol–water partition coefficient (Wildman–Crippen LogP) is 1.11. The van der Waals surface area contributed by atoms with Gasteiger partial charge in [-0.05, 0) is 25.7 Å². The summed E-state index contributed by atoms with van der Waals surface area (Å²) in [5.41, 5.74) is 0. The molecule has 17 heavy (non-hydrogen) atoms. The lowest BCUT2D eigenvalue weighted by Crippen LogP contribution is -2.28. The SMILES string of the molecule is O=C(OC1CCCC1)C(F)(F)F.O=P(O)(O)O. The number of alkyl halides is 3. The summed E-state index contributed by atoms with van der Waals surface area (Å²) >= 11 is 0. The van der Waals surface area contributed by atoms with E-state index in [1.807, 2.05) is 0 Å². The molecule has 1 aliphatic carbocycles. The highest BCUT2D eigenvalue weighted by molar-refractivity contribution is 7.45. The summed E-state index contributed by atoms with van der Waals surface area (Å²) in [5, 5.41) is 0. The molecule has 10 heteroatoms. The van der Waals surface area contributed by atoms with Crippen molar-refractivity contribution in [1.82, 2.24) is 0 Å². The van der Waals surface area contributed by atoms with Crippen molar-refractivity contribution in [3.05, 3.63) is 0 Å². The quantitative estimate of drug-likeness (QED) is 0.491. The normalized spacial score (nSPS) is 17.3. The van der Waals surface area contributed by atoms with Gasteiger partial charge in [-0.2, -0.15) is 13.2 Å². The highest BCUT2D eigenvalue weighted by Crippen LogP contribution is 2.26. The minimum Gasteiger partial charge on any atom is -0.456 e. The van der Waals surface area contributed by atoms with Crippen LogP contribution in [-0.4, -0.2) is 32.9 Å². The van der Waals surface area contributed by atoms with E-state index in [-0.39, 0.29) is 0 Å². The van der Waals surface area contributed by atoms with Gasteiger partial charge >= 0.3 is 20.0 Å². The van der Waals surface area contributed by atoms with Crippen LogP contribution in [0.15, 0.2) is 0 Å². The number of esters is 1. The van der Waals surface area contributed by atoms with Crippen LogP contribution in [0.2, 0.25) is 0 Å². The summed E-state index contributed by atoms with van der Waals surface area (Å²) in [6.45, 7) is 0. The minimum atomic E-state index is -4.84. The molecule has 6 nitrogen and oxygen atoms in total. The lowest BCUT2D eigenvalue weighted by Gasteiger charge is -2.12. The van der Waals surface area contributed by atoms with Crippen molar-refractivity contribution in [3.8, 4) is 0 Å². The van der Waals surface area contributed by atoms with Crippen LogP contribution < -0.4 is 0 Å². The maximum atomic E-state index is 11.6. The van der Waals surface area contributed by atoms with Gasteiger partial charge in [0.2, 0.25) is 0 Å². The Kier molecular flexibility index (Phi) is 6.11. The third-order valence-corrected chi connectivity index (χ3v) is 1.81. The first-order chi connectivity index (χ1) is 7.50. The molecule has 0 aromatic heterocycles. The summed E-state index contributed by atoms with van der Waals surface area (Å²) in [6.07, 6.45) is -2.56. The van der Waals surface area contributed by atoms with Gasteiger partial charge in [-0.1, -0.05) is 0 Å². The van der Waals surface area contributed by atoms with E-state index in [9.17, 15) is 18.0 Å². The molecule has 0 saturated heterocycles. The zero-order valence-corrected chi connectivity index (χ0v) is 9.45. The maximum Gasteiger partial charge on any atom is 0.490 e. The first-order valence-electron chi connectivity index (χ1n) is 4.56. The van der Waals surface area contributed by atoms with E-state index in [1.54, 1.807) is 0 Å². The van der Waals surface area contributed by atoms with E-state index in [4.69, 9.17) is 19.2 Å². The van der Waals surface area contributed by atoms with Crippen LogP contribution in [0.1, 0.15) is 25.7 Å². The first-order valence-corrected chi connectivity index (χ1v) is 6.13. The molecular formula is C7H12F3O6P. The fraction of sp³-hybridized carbons (Fsp3) is 0.857. The molecule has 0 radical (unpaired) electrons. The zero-order valence-electron chi connectivity index (χ0n) is 8.55. The molecule has 0 spiro atoms. The Labute approximate surface area is 94.6 Å². The second-order valence-corrected chi connectivity index (χ2v) is 4.35. The van der Waals surface area contributed by atoms with Crippen LogP contribution in [-0.2, 0) is 14.1 Å². The van der Waals surface area contributed by atoms with Crippen molar-refractivity contribution < 1.29 is 41.9 Å². The van der Waals surface area contributed by atoms with E-state index in [0.717, 1.165) is 12.8 Å². The molecule has 0 aliphatic heterocycles. The molecular weight excluding hydrogens is 268 g/mol. The van der Waals surface area contributed by atoms with E-state index in [1.165, 1.54) is 0 Å². The van der Waals surface area contributed by atoms with Gasteiger partial charge in [-0.25, -0.2) is 9.36 Å². The van der Waals surface area contributed by atoms with Gasteiger partial charge < -0.3 is 19.4 Å². The Morgan fingerprint density at radius 1 is 1.18 bits per heavy atom. The lowest BCUT2D eigenvalue weighted by atomic mass is 10.3. The first kappa shape index (κ1) is 16.4. The van der Waals surface area contributed by atoms with Crippen LogP contribution in [0.4, 0.5) is 13.2 Å². The number of phosphoric acid groups is 1. The van der Waals surface area contributed by atoms with Crippen LogP contribution in [0.3, 0.4) is 0 Å². The number of hydrogen-bond donors (Lipinski definition) is 3. The van der Waals surface area contributed by atoms with Crippen LogP contribution in [0.25, 0.3) is 0 Å². The highest BCUT2D eigenvalue weighted by atomic mass is 31.2. The van der Waals surface area contributed by atoms with Crippen LogP contribution in [0, 0.1) is 0 Å². The maximum absolute atomic E-state index is 11.6. The number of hydrogen-bond acceptors (Lipinski definition) is 3. The van der Waals surface area contributed by atoms with Crippen molar-refractivity contribution in [3.63, 3.8) is 0 Å². The van der Waals surface area contributed by atoms with E-state index >= 15 is 0 Å². The Hall–Kier alpha value is -0.630. The van der Waals surface area contributed by atoms with Gasteiger partial charge in [0.05, 0.1) is 0 Å². The summed E-state index contributed by atoms with van der Waals surface area (Å²) in [4.78, 5) is 31.8. The van der Waals surface area contributed by atoms with Crippen molar-refractivity contribution >= 4 is 13.8 Å². The number of ether oxygens (including phenoxy) is 1. The number of carbonyl (C=O) groups is 1.